The van der Waals surface area contributed by atoms with E-state index >= 15 is 0 Å². The smallest absolute Gasteiger partial charge is 0.0315 e. The third-order valence-corrected chi connectivity index (χ3v) is 2.01. The highest BCUT2D eigenvalue weighted by Crippen LogP contribution is 2.15. The molecule has 1 heterocycles. The lowest BCUT2D eigenvalue weighted by atomic mass is 10.0. The molecule has 0 spiro atoms. The molecule has 0 saturated carbocycles. The first-order chi connectivity index (χ1) is 6.24. The van der Waals surface area contributed by atoms with Gasteiger partial charge < -0.3 is 5.73 Å². The van der Waals surface area contributed by atoms with Gasteiger partial charge in [-0.1, -0.05) is 12.1 Å². The number of pyridine rings is 1. The van der Waals surface area contributed by atoms with E-state index in [0.29, 0.717) is 0 Å². The predicted octanol–water partition coefficient (Wildman–Crippen LogP) is 2.36. The zero-order valence-electron chi connectivity index (χ0n) is 8.03. The van der Waals surface area contributed by atoms with E-state index in [4.69, 9.17) is 5.73 Å². The van der Waals surface area contributed by atoms with Crippen LogP contribution in [0.5, 0.6) is 0 Å². The number of nitrogens with zero attached hydrogens (tertiary/aromatic N) is 1. The van der Waals surface area contributed by atoms with E-state index in [0.717, 1.165) is 24.0 Å². The molecule has 0 saturated heterocycles. The molecule has 2 N–H and O–H groups in total. The Labute approximate surface area is 79.5 Å². The summed E-state index contributed by atoms with van der Waals surface area (Å²) in [6.07, 6.45) is 7.46. The van der Waals surface area contributed by atoms with Crippen molar-refractivity contribution in [2.24, 2.45) is 5.73 Å². The molecule has 70 valence electrons. The molecule has 1 unspecified atom stereocenters. The number of rotatable bonds is 4. The van der Waals surface area contributed by atoms with E-state index in [1.807, 2.05) is 25.4 Å². The van der Waals surface area contributed by atoms with Crippen molar-refractivity contribution >= 4 is 0 Å². The summed E-state index contributed by atoms with van der Waals surface area (Å²) in [6.45, 7) is 5.70. The monoisotopic (exact) mass is 176 g/mol. The van der Waals surface area contributed by atoms with Crippen molar-refractivity contribution in [3.8, 4) is 0 Å². The molecular weight excluding hydrogens is 160 g/mol. The first kappa shape index (κ1) is 9.93. The van der Waals surface area contributed by atoms with Gasteiger partial charge in [-0.15, -0.1) is 6.58 Å². The van der Waals surface area contributed by atoms with Gasteiger partial charge in [0.15, 0.2) is 0 Å². The lowest BCUT2D eigenvalue weighted by Gasteiger charge is -2.10. The maximum absolute atomic E-state index is 5.96. The van der Waals surface area contributed by atoms with Gasteiger partial charge in [-0.2, -0.15) is 0 Å². The molecule has 2 nitrogen and oxygen atoms in total. The average molecular weight is 176 g/mol. The van der Waals surface area contributed by atoms with E-state index in [2.05, 4.69) is 17.6 Å². The molecule has 0 aliphatic rings. The maximum Gasteiger partial charge on any atom is 0.0315 e. The van der Waals surface area contributed by atoms with Crippen molar-refractivity contribution in [3.05, 3.63) is 42.2 Å². The number of nitrogens with two attached hydrogens (primary N) is 1. The fourth-order valence-electron chi connectivity index (χ4n) is 1.25. The fraction of sp³-hybridized carbons (Fsp3) is 0.364. The Bertz CT molecular complexity index is 281. The van der Waals surface area contributed by atoms with Crippen LogP contribution in [0.2, 0.25) is 0 Å². The predicted molar refractivity (Wildman–Crippen MR) is 55.3 cm³/mol. The minimum atomic E-state index is 0.0883. The molecule has 0 aliphatic carbocycles. The lowest BCUT2D eigenvalue weighted by molar-refractivity contribution is 0.658. The molecule has 1 rings (SSSR count). The highest BCUT2D eigenvalue weighted by molar-refractivity contribution is 5.19. The van der Waals surface area contributed by atoms with Crippen LogP contribution in [0, 0.1) is 6.92 Å². The number of aryl methyl sites for hydroxylation is 1. The summed E-state index contributed by atoms with van der Waals surface area (Å²) >= 11 is 0. The summed E-state index contributed by atoms with van der Waals surface area (Å²) < 4.78 is 0. The number of aromatic nitrogens is 1. The van der Waals surface area contributed by atoms with Crippen LogP contribution in [0.25, 0.3) is 0 Å². The lowest BCUT2D eigenvalue weighted by Crippen LogP contribution is -2.10. The summed E-state index contributed by atoms with van der Waals surface area (Å²) in [5.41, 5.74) is 8.23. The van der Waals surface area contributed by atoms with Gasteiger partial charge in [-0.05, 0) is 30.9 Å². The Morgan fingerprint density at radius 3 is 3.00 bits per heavy atom. The second-order valence-corrected chi connectivity index (χ2v) is 3.27. The van der Waals surface area contributed by atoms with E-state index in [1.165, 1.54) is 0 Å². The number of hydrogen-bond donors (Lipinski definition) is 1. The first-order valence-corrected chi connectivity index (χ1v) is 4.52. The third-order valence-electron chi connectivity index (χ3n) is 2.01. The molecule has 1 aromatic heterocycles. The molecule has 13 heavy (non-hydrogen) atoms. The Balaban J connectivity index is 2.65. The standard InChI is InChI=1S/C11H16N2/c1-3-4-5-11(12)10-6-9(2)7-13-8-10/h3,6-8,11H,1,4-5,12H2,2H3. The van der Waals surface area contributed by atoms with Crippen molar-refractivity contribution in [2.45, 2.75) is 25.8 Å². The second kappa shape index (κ2) is 4.77. The minimum Gasteiger partial charge on any atom is -0.324 e. The van der Waals surface area contributed by atoms with Gasteiger partial charge >= 0.3 is 0 Å². The van der Waals surface area contributed by atoms with E-state index in [-0.39, 0.29) is 6.04 Å². The Morgan fingerprint density at radius 1 is 1.62 bits per heavy atom. The normalized spacial score (nSPS) is 12.5. The summed E-state index contributed by atoms with van der Waals surface area (Å²) in [4.78, 5) is 4.11. The van der Waals surface area contributed by atoms with Crippen molar-refractivity contribution in [1.82, 2.24) is 4.98 Å². The Morgan fingerprint density at radius 2 is 2.38 bits per heavy atom. The van der Waals surface area contributed by atoms with Crippen molar-refractivity contribution in [1.29, 1.82) is 0 Å². The SMILES string of the molecule is C=CCCC(N)c1cncc(C)c1. The largest absolute Gasteiger partial charge is 0.324 e. The maximum atomic E-state index is 5.96. The van der Waals surface area contributed by atoms with Crippen LogP contribution < -0.4 is 5.73 Å². The van der Waals surface area contributed by atoms with Gasteiger partial charge in [0.25, 0.3) is 0 Å². The van der Waals surface area contributed by atoms with Crippen molar-refractivity contribution in [2.75, 3.05) is 0 Å². The van der Waals surface area contributed by atoms with Crippen LogP contribution in [0.15, 0.2) is 31.1 Å². The average Bonchev–Trinajstić information content (AvgIpc) is 2.14. The first-order valence-electron chi connectivity index (χ1n) is 4.52. The van der Waals surface area contributed by atoms with Gasteiger partial charge in [-0.3, -0.25) is 4.98 Å². The molecule has 0 aromatic carbocycles. The summed E-state index contributed by atoms with van der Waals surface area (Å²) in [7, 11) is 0. The van der Waals surface area contributed by atoms with Crippen LogP contribution in [0.1, 0.15) is 30.0 Å². The fourth-order valence-corrected chi connectivity index (χ4v) is 1.25. The van der Waals surface area contributed by atoms with Gasteiger partial charge in [-0.25, -0.2) is 0 Å². The zero-order valence-corrected chi connectivity index (χ0v) is 8.03. The molecule has 0 aliphatic heterocycles. The number of allylic oxidation sites excluding steroid dienone is 1. The molecule has 0 amide bonds. The third kappa shape index (κ3) is 2.99. The highest BCUT2D eigenvalue weighted by atomic mass is 14.7. The molecule has 2 heteroatoms. The highest BCUT2D eigenvalue weighted by Gasteiger charge is 2.04. The van der Waals surface area contributed by atoms with Crippen LogP contribution in [0.4, 0.5) is 0 Å². The van der Waals surface area contributed by atoms with E-state index in [1.54, 1.807) is 0 Å². The molecule has 0 bridgehead atoms. The van der Waals surface area contributed by atoms with Crippen LogP contribution in [0.3, 0.4) is 0 Å². The summed E-state index contributed by atoms with van der Waals surface area (Å²) in [6, 6.07) is 2.17. The summed E-state index contributed by atoms with van der Waals surface area (Å²) in [5, 5.41) is 0. The van der Waals surface area contributed by atoms with Gasteiger partial charge in [0.2, 0.25) is 0 Å². The molecular formula is C11H16N2. The Hall–Kier alpha value is -1.15. The van der Waals surface area contributed by atoms with Crippen LogP contribution in [-0.2, 0) is 0 Å². The Kier molecular flexibility index (Phi) is 3.65. The number of hydrogen-bond acceptors (Lipinski definition) is 2. The van der Waals surface area contributed by atoms with Crippen LogP contribution in [-0.4, -0.2) is 4.98 Å². The minimum absolute atomic E-state index is 0.0883. The van der Waals surface area contributed by atoms with Gasteiger partial charge in [0.1, 0.15) is 0 Å². The van der Waals surface area contributed by atoms with Gasteiger partial charge in [0.05, 0.1) is 0 Å². The molecule has 1 atom stereocenters. The molecule has 1 aromatic rings. The van der Waals surface area contributed by atoms with Gasteiger partial charge in [0, 0.05) is 18.4 Å². The van der Waals surface area contributed by atoms with E-state index in [9.17, 15) is 0 Å². The van der Waals surface area contributed by atoms with Crippen molar-refractivity contribution in [3.63, 3.8) is 0 Å². The quantitative estimate of drug-likeness (QED) is 0.715. The second-order valence-electron chi connectivity index (χ2n) is 3.27. The summed E-state index contributed by atoms with van der Waals surface area (Å²) in [5.74, 6) is 0. The van der Waals surface area contributed by atoms with Crippen molar-refractivity contribution < 1.29 is 0 Å². The molecule has 0 radical (unpaired) electrons. The molecule has 0 fully saturated rings. The van der Waals surface area contributed by atoms with Crippen LogP contribution >= 0.6 is 0 Å². The topological polar surface area (TPSA) is 38.9 Å². The zero-order chi connectivity index (χ0) is 9.68. The van der Waals surface area contributed by atoms with E-state index < -0.39 is 0 Å².